The Morgan fingerprint density at radius 3 is 2.46 bits per heavy atom. The van der Waals surface area contributed by atoms with E-state index < -0.39 is 0 Å². The molecule has 35 heavy (non-hydrogen) atoms. The van der Waals surface area contributed by atoms with Crippen LogP contribution in [-0.2, 0) is 5.41 Å². The number of thiazole rings is 1. The molecule has 5 aromatic carbocycles. The normalized spacial score (nSPS) is 14.2. The summed E-state index contributed by atoms with van der Waals surface area (Å²) in [6.45, 7) is 4.74. The molecule has 3 heteroatoms. The number of aromatic nitrogens is 2. The first-order valence-corrected chi connectivity index (χ1v) is 12.9. The van der Waals surface area contributed by atoms with Crippen LogP contribution in [0.2, 0.25) is 0 Å². The van der Waals surface area contributed by atoms with E-state index in [0.29, 0.717) is 0 Å². The van der Waals surface area contributed by atoms with E-state index in [0.717, 1.165) is 11.2 Å². The van der Waals surface area contributed by atoms with Gasteiger partial charge in [0.25, 0.3) is 0 Å². The van der Waals surface area contributed by atoms with Gasteiger partial charge in [0, 0.05) is 16.2 Å². The lowest BCUT2D eigenvalue weighted by atomic mass is 9.80. The highest BCUT2D eigenvalue weighted by atomic mass is 32.1. The molecule has 0 saturated heterocycles. The second kappa shape index (κ2) is 6.59. The van der Waals surface area contributed by atoms with Gasteiger partial charge in [-0.2, -0.15) is 0 Å². The Balaban J connectivity index is 1.54. The molecule has 0 fully saturated rings. The molecule has 0 spiro atoms. The molecule has 0 atom stereocenters. The summed E-state index contributed by atoms with van der Waals surface area (Å²) in [4.78, 5) is 4.74. The lowest BCUT2D eigenvalue weighted by Gasteiger charge is -2.23. The lowest BCUT2D eigenvalue weighted by Crippen LogP contribution is -2.15. The Morgan fingerprint density at radius 1 is 0.686 bits per heavy atom. The van der Waals surface area contributed by atoms with Crippen molar-refractivity contribution in [2.75, 3.05) is 0 Å². The van der Waals surface area contributed by atoms with E-state index in [-0.39, 0.29) is 5.41 Å². The SMILES string of the molecule is CC1(C)c2ccccc2-c2ccc3c(ccc4c3c3ccccc3n4-c3cccc4scnc34)c21. The summed E-state index contributed by atoms with van der Waals surface area (Å²) in [5.41, 5.74) is 12.2. The first kappa shape index (κ1) is 19.4. The van der Waals surface area contributed by atoms with Gasteiger partial charge in [-0.15, -0.1) is 11.3 Å². The summed E-state index contributed by atoms with van der Waals surface area (Å²) in [6.07, 6.45) is 0. The number of rotatable bonds is 1. The minimum atomic E-state index is -0.0380. The van der Waals surface area contributed by atoms with Crippen molar-refractivity contribution in [1.82, 2.24) is 9.55 Å². The molecule has 0 aliphatic heterocycles. The van der Waals surface area contributed by atoms with Crippen molar-refractivity contribution >= 4 is 54.1 Å². The monoisotopic (exact) mass is 466 g/mol. The number of hydrogen-bond acceptors (Lipinski definition) is 2. The summed E-state index contributed by atoms with van der Waals surface area (Å²) < 4.78 is 3.62. The van der Waals surface area contributed by atoms with Crippen molar-refractivity contribution in [2.24, 2.45) is 0 Å². The van der Waals surface area contributed by atoms with E-state index in [1.54, 1.807) is 11.3 Å². The zero-order chi connectivity index (χ0) is 23.3. The molecular weight excluding hydrogens is 444 g/mol. The molecule has 1 aliphatic carbocycles. The van der Waals surface area contributed by atoms with Crippen molar-refractivity contribution in [1.29, 1.82) is 0 Å². The molecule has 2 nitrogen and oxygen atoms in total. The van der Waals surface area contributed by atoms with Gasteiger partial charge in [0.2, 0.25) is 0 Å². The molecule has 0 bridgehead atoms. The number of benzene rings is 5. The maximum atomic E-state index is 4.74. The topological polar surface area (TPSA) is 17.8 Å². The maximum absolute atomic E-state index is 4.74. The first-order valence-electron chi connectivity index (χ1n) is 12.1. The van der Waals surface area contributed by atoms with Crippen LogP contribution in [0.5, 0.6) is 0 Å². The minimum absolute atomic E-state index is 0.0380. The fourth-order valence-corrected chi connectivity index (χ4v) is 7.18. The average Bonchev–Trinajstić information content (AvgIpc) is 3.56. The number of para-hydroxylation sites is 2. The fraction of sp³-hybridized carbons (Fsp3) is 0.0938. The standard InChI is InChI=1S/C32H22N2S/c1-32(2)24-10-5-3-8-19(24)21-15-14-20-22(30(21)32)16-17-26-29(20)23-9-4-6-11-25(23)34(26)27-12-7-13-28-31(27)33-18-35-28/h3-18H,1-2H3. The zero-order valence-electron chi connectivity index (χ0n) is 19.5. The van der Waals surface area contributed by atoms with Gasteiger partial charge in [0.1, 0.15) is 5.52 Å². The van der Waals surface area contributed by atoms with Crippen LogP contribution in [0.25, 0.3) is 59.6 Å². The second-order valence-corrected chi connectivity index (χ2v) is 10.9. The van der Waals surface area contributed by atoms with Gasteiger partial charge in [0.15, 0.2) is 0 Å². The molecule has 8 rings (SSSR count). The molecule has 0 radical (unpaired) electrons. The van der Waals surface area contributed by atoms with E-state index in [4.69, 9.17) is 4.98 Å². The third-order valence-electron chi connectivity index (χ3n) is 7.93. The third-order valence-corrected chi connectivity index (χ3v) is 8.72. The highest BCUT2D eigenvalue weighted by Gasteiger charge is 2.36. The highest BCUT2D eigenvalue weighted by Crippen LogP contribution is 2.52. The van der Waals surface area contributed by atoms with E-state index in [1.165, 1.54) is 59.5 Å². The lowest BCUT2D eigenvalue weighted by molar-refractivity contribution is 0.666. The molecule has 166 valence electrons. The Kier molecular flexibility index (Phi) is 3.64. The molecular formula is C32H22N2S. The summed E-state index contributed by atoms with van der Waals surface area (Å²) in [5.74, 6) is 0. The Labute approximate surface area is 207 Å². The third kappa shape index (κ3) is 2.36. The van der Waals surface area contributed by atoms with Crippen LogP contribution in [0.15, 0.2) is 96.5 Å². The summed E-state index contributed by atoms with van der Waals surface area (Å²) in [7, 11) is 0. The van der Waals surface area contributed by atoms with Crippen molar-refractivity contribution in [3.8, 4) is 16.8 Å². The quantitative estimate of drug-likeness (QED) is 0.236. The van der Waals surface area contributed by atoms with Crippen LogP contribution in [0.3, 0.4) is 0 Å². The van der Waals surface area contributed by atoms with Crippen LogP contribution >= 0.6 is 11.3 Å². The predicted octanol–water partition coefficient (Wildman–Crippen LogP) is 8.85. The Morgan fingerprint density at radius 2 is 1.51 bits per heavy atom. The highest BCUT2D eigenvalue weighted by molar-refractivity contribution is 7.16. The van der Waals surface area contributed by atoms with Gasteiger partial charge < -0.3 is 4.57 Å². The van der Waals surface area contributed by atoms with Crippen LogP contribution in [0, 0.1) is 0 Å². The van der Waals surface area contributed by atoms with Crippen molar-refractivity contribution in [3.63, 3.8) is 0 Å². The molecule has 0 N–H and O–H groups in total. The molecule has 0 amide bonds. The number of hydrogen-bond donors (Lipinski definition) is 0. The average molecular weight is 467 g/mol. The van der Waals surface area contributed by atoms with Gasteiger partial charge in [-0.3, -0.25) is 0 Å². The Bertz CT molecular complexity index is 1990. The molecule has 1 aliphatic rings. The molecule has 0 saturated carbocycles. The minimum Gasteiger partial charge on any atom is -0.307 e. The molecule has 7 aromatic rings. The molecule has 2 heterocycles. The smallest absolute Gasteiger partial charge is 0.105 e. The van der Waals surface area contributed by atoms with Crippen LogP contribution in [-0.4, -0.2) is 9.55 Å². The number of nitrogens with zero attached hydrogens (tertiary/aromatic N) is 2. The molecule has 2 aromatic heterocycles. The first-order chi connectivity index (χ1) is 17.1. The van der Waals surface area contributed by atoms with Gasteiger partial charge in [-0.25, -0.2) is 4.98 Å². The molecule has 0 unspecified atom stereocenters. The number of fused-ring (bicyclic) bond motifs is 10. The Hall–Kier alpha value is -3.95. The summed E-state index contributed by atoms with van der Waals surface area (Å²) in [5, 5.41) is 5.28. The van der Waals surface area contributed by atoms with Crippen molar-refractivity contribution < 1.29 is 0 Å². The fourth-order valence-electron chi connectivity index (χ4n) is 6.48. The van der Waals surface area contributed by atoms with E-state index in [9.17, 15) is 0 Å². The van der Waals surface area contributed by atoms with Crippen LogP contribution in [0.4, 0.5) is 0 Å². The van der Waals surface area contributed by atoms with Gasteiger partial charge in [-0.1, -0.05) is 80.6 Å². The van der Waals surface area contributed by atoms with Crippen molar-refractivity contribution in [3.05, 3.63) is 108 Å². The summed E-state index contributed by atoms with van der Waals surface area (Å²) in [6, 6.07) is 33.5. The van der Waals surface area contributed by atoms with Crippen LogP contribution < -0.4 is 0 Å². The van der Waals surface area contributed by atoms with E-state index in [2.05, 4.69) is 109 Å². The largest absolute Gasteiger partial charge is 0.307 e. The maximum Gasteiger partial charge on any atom is 0.105 e. The predicted molar refractivity (Wildman–Crippen MR) is 149 cm³/mol. The van der Waals surface area contributed by atoms with Crippen LogP contribution in [0.1, 0.15) is 25.0 Å². The van der Waals surface area contributed by atoms with Gasteiger partial charge in [0.05, 0.1) is 26.9 Å². The zero-order valence-corrected chi connectivity index (χ0v) is 20.4. The van der Waals surface area contributed by atoms with Crippen molar-refractivity contribution in [2.45, 2.75) is 19.3 Å². The van der Waals surface area contributed by atoms with E-state index >= 15 is 0 Å². The van der Waals surface area contributed by atoms with E-state index in [1.807, 2.05) is 5.51 Å². The van der Waals surface area contributed by atoms with Gasteiger partial charge in [-0.05, 0) is 57.3 Å². The summed E-state index contributed by atoms with van der Waals surface area (Å²) >= 11 is 1.69. The second-order valence-electron chi connectivity index (χ2n) is 10.0. The van der Waals surface area contributed by atoms with Gasteiger partial charge >= 0.3 is 0 Å².